The van der Waals surface area contributed by atoms with Crippen molar-refractivity contribution in [2.75, 3.05) is 33.2 Å². The number of nitrogens with zero attached hydrogens (tertiary/aromatic N) is 5. The van der Waals surface area contributed by atoms with Crippen LogP contribution in [-0.4, -0.2) is 82.9 Å². The Labute approximate surface area is 320 Å². The van der Waals surface area contributed by atoms with Gasteiger partial charge in [0.2, 0.25) is 10.0 Å². The first kappa shape index (κ1) is 36.9. The monoisotopic (exact) mass is 836 g/mol. The molecule has 0 spiro atoms. The average Bonchev–Trinajstić information content (AvgIpc) is 3.58. The highest BCUT2D eigenvalue weighted by molar-refractivity contribution is 14.1. The molecule has 276 valence electrons. The van der Waals surface area contributed by atoms with Gasteiger partial charge in [0.15, 0.2) is 0 Å². The number of hydrogen-bond acceptors (Lipinski definition) is 6. The molecule has 2 aromatic heterocycles. The normalized spacial score (nSPS) is 17.2. The van der Waals surface area contributed by atoms with Crippen LogP contribution in [0.1, 0.15) is 108 Å². The van der Waals surface area contributed by atoms with Gasteiger partial charge in [-0.2, -0.15) is 5.10 Å². The summed E-state index contributed by atoms with van der Waals surface area (Å²) in [5, 5.41) is 5.28. The number of fused-ring (bicyclic) bond motifs is 5. The van der Waals surface area contributed by atoms with Gasteiger partial charge in [0.05, 0.1) is 16.6 Å². The number of aromatic nitrogens is 3. The van der Waals surface area contributed by atoms with Gasteiger partial charge in [0.25, 0.3) is 11.8 Å². The summed E-state index contributed by atoms with van der Waals surface area (Å²) in [6.07, 6.45) is 8.00. The van der Waals surface area contributed by atoms with Crippen molar-refractivity contribution in [3.05, 3.63) is 75.6 Å². The van der Waals surface area contributed by atoms with Crippen molar-refractivity contribution in [3.8, 4) is 11.3 Å². The van der Waals surface area contributed by atoms with E-state index in [1.165, 1.54) is 30.4 Å². The highest BCUT2D eigenvalue weighted by atomic mass is 127. The number of sulfonamides is 1. The molecule has 0 atom stereocenters. The number of halogens is 1. The summed E-state index contributed by atoms with van der Waals surface area (Å²) in [5.74, 6) is -0.282. The van der Waals surface area contributed by atoms with E-state index < -0.39 is 21.2 Å². The van der Waals surface area contributed by atoms with E-state index >= 15 is 0 Å². The van der Waals surface area contributed by atoms with Crippen LogP contribution in [0.25, 0.3) is 33.8 Å². The summed E-state index contributed by atoms with van der Waals surface area (Å²) in [4.78, 5) is 32.2. The van der Waals surface area contributed by atoms with Gasteiger partial charge in [-0.15, -0.1) is 0 Å². The molecular weight excluding hydrogens is 787 g/mol. The van der Waals surface area contributed by atoms with Crippen LogP contribution < -0.4 is 4.72 Å². The molecule has 7 rings (SSSR count). The second-order valence-electron chi connectivity index (χ2n) is 14.9. The lowest BCUT2D eigenvalue weighted by Crippen LogP contribution is -2.47. The molecule has 10 nitrogen and oxygen atoms in total. The summed E-state index contributed by atoms with van der Waals surface area (Å²) in [7, 11) is -1.73. The lowest BCUT2D eigenvalue weighted by atomic mass is 9.81. The van der Waals surface area contributed by atoms with Gasteiger partial charge >= 0.3 is 0 Å². The van der Waals surface area contributed by atoms with Gasteiger partial charge in [-0.25, -0.2) is 13.1 Å². The van der Waals surface area contributed by atoms with Crippen LogP contribution in [0.4, 0.5) is 0 Å². The van der Waals surface area contributed by atoms with E-state index in [4.69, 9.17) is 5.10 Å². The molecule has 1 aliphatic carbocycles. The highest BCUT2D eigenvalue weighted by Gasteiger charge is 2.34. The van der Waals surface area contributed by atoms with Gasteiger partial charge in [-0.3, -0.25) is 14.3 Å². The van der Waals surface area contributed by atoms with Crippen molar-refractivity contribution in [2.45, 2.75) is 88.5 Å². The van der Waals surface area contributed by atoms with Crippen molar-refractivity contribution in [2.24, 2.45) is 0 Å². The van der Waals surface area contributed by atoms with Crippen LogP contribution >= 0.6 is 22.6 Å². The van der Waals surface area contributed by atoms with Crippen molar-refractivity contribution < 1.29 is 18.0 Å². The minimum absolute atomic E-state index is 0.00253. The molecule has 1 N–H and O–H groups in total. The molecule has 2 fully saturated rings. The molecular formula is C40H49IN6O4S. The topological polar surface area (TPSA) is 110 Å². The summed E-state index contributed by atoms with van der Waals surface area (Å²) in [6.45, 7) is 11.2. The predicted molar refractivity (Wildman–Crippen MR) is 216 cm³/mol. The molecule has 2 aliphatic heterocycles. The van der Waals surface area contributed by atoms with Crippen LogP contribution in [-0.2, 0) is 27.5 Å². The predicted octanol–water partition coefficient (Wildman–Crippen LogP) is 7.23. The number of nitrogens with one attached hydrogen (secondary N) is 1. The fourth-order valence-corrected chi connectivity index (χ4v) is 9.33. The standard InChI is InChI=1S/C40H49IN6O4S/c1-6-47-38(40(49)45-18-16-44(5)17-19-45)35(26(4)42-47)31-21-30-20-27(23-41)12-14-32(30)37-36(28-10-8-7-9-11-28)33-15-13-29(22-34(33)46(37)24-31)39(48)43-52(50,51)25(2)3/h12-15,20-22,25,28H,6-11,16-19,23-24H2,1-5H3,(H,43,48). The quantitative estimate of drug-likeness (QED) is 0.148. The van der Waals surface area contributed by atoms with E-state index in [2.05, 4.69) is 68.1 Å². The molecule has 1 saturated carbocycles. The minimum Gasteiger partial charge on any atom is -0.336 e. The maximum Gasteiger partial charge on any atom is 0.272 e. The Kier molecular flexibility index (Phi) is 10.4. The average molecular weight is 837 g/mol. The summed E-state index contributed by atoms with van der Waals surface area (Å²) >= 11 is 2.41. The molecule has 52 heavy (non-hydrogen) atoms. The zero-order valence-electron chi connectivity index (χ0n) is 30.8. The number of likely N-dealkylation sites (N-methyl/N-ethyl adjacent to an activating group) is 1. The van der Waals surface area contributed by atoms with Crippen molar-refractivity contribution in [1.29, 1.82) is 0 Å². The van der Waals surface area contributed by atoms with Crippen LogP contribution in [0, 0.1) is 6.92 Å². The van der Waals surface area contributed by atoms with Crippen molar-refractivity contribution in [3.63, 3.8) is 0 Å². The van der Waals surface area contributed by atoms with Gasteiger partial charge in [0.1, 0.15) is 5.69 Å². The molecule has 12 heteroatoms. The van der Waals surface area contributed by atoms with Crippen molar-refractivity contribution >= 4 is 67.0 Å². The maximum atomic E-state index is 14.5. The van der Waals surface area contributed by atoms with Gasteiger partial charge in [-0.05, 0) is 94.0 Å². The molecule has 4 heterocycles. The molecule has 0 radical (unpaired) electrons. The lowest BCUT2D eigenvalue weighted by Gasteiger charge is -2.32. The van der Waals surface area contributed by atoms with Gasteiger partial charge < -0.3 is 14.4 Å². The first-order chi connectivity index (χ1) is 24.9. The maximum absolute atomic E-state index is 14.5. The van der Waals surface area contributed by atoms with E-state index in [0.29, 0.717) is 43.4 Å². The highest BCUT2D eigenvalue weighted by Crippen LogP contribution is 2.48. The molecule has 0 bridgehead atoms. The third-order valence-electron chi connectivity index (χ3n) is 11.2. The number of aryl methyl sites for hydroxylation is 2. The Morgan fingerprint density at radius 1 is 1.02 bits per heavy atom. The minimum atomic E-state index is -3.82. The first-order valence-electron chi connectivity index (χ1n) is 18.6. The van der Waals surface area contributed by atoms with E-state index in [-0.39, 0.29) is 5.91 Å². The van der Waals surface area contributed by atoms with Crippen LogP contribution in [0.2, 0.25) is 0 Å². The number of carbonyl (C=O) groups excluding carboxylic acids is 2. The van der Waals surface area contributed by atoms with Crippen LogP contribution in [0.3, 0.4) is 0 Å². The number of rotatable bonds is 8. The Morgan fingerprint density at radius 3 is 2.42 bits per heavy atom. The summed E-state index contributed by atoms with van der Waals surface area (Å²) in [6, 6.07) is 12.4. The van der Waals surface area contributed by atoms with Gasteiger partial charge in [-0.1, -0.05) is 66.1 Å². The SMILES string of the molecule is CCn1nc(C)c(C2=Cc3cc(CI)ccc3-c3c(C4CCCCC4)c4ccc(C(=O)NS(=O)(=O)C(C)C)cc4n3C2)c1C(=O)N1CCN(C)CC1. The molecule has 1 saturated heterocycles. The number of amides is 2. The Morgan fingerprint density at radius 2 is 1.75 bits per heavy atom. The van der Waals surface area contributed by atoms with Crippen LogP contribution in [0.15, 0.2) is 36.4 Å². The van der Waals surface area contributed by atoms with Crippen molar-refractivity contribution in [1.82, 2.24) is 28.9 Å². The molecule has 3 aliphatic rings. The number of piperazine rings is 1. The summed E-state index contributed by atoms with van der Waals surface area (Å²) in [5.41, 5.74) is 10.3. The second-order valence-corrected chi connectivity index (χ2v) is 17.9. The molecule has 2 aromatic carbocycles. The summed E-state index contributed by atoms with van der Waals surface area (Å²) < 4.78 is 32.8. The third-order valence-corrected chi connectivity index (χ3v) is 13.8. The van der Waals surface area contributed by atoms with Gasteiger partial charge in [0, 0.05) is 71.3 Å². The molecule has 2 amide bonds. The number of carbonyl (C=O) groups is 2. The number of benzene rings is 2. The zero-order chi connectivity index (χ0) is 36.9. The Hall–Kier alpha value is -3.49. The van der Waals surface area contributed by atoms with E-state index in [9.17, 15) is 18.0 Å². The van der Waals surface area contributed by atoms with E-state index in [0.717, 1.165) is 74.9 Å². The molecule has 4 aromatic rings. The Bertz CT molecular complexity index is 2190. The third kappa shape index (κ3) is 6.74. The fourth-order valence-electron chi connectivity index (χ4n) is 8.24. The van der Waals surface area contributed by atoms with Crippen LogP contribution in [0.5, 0.6) is 0 Å². The lowest BCUT2D eigenvalue weighted by molar-refractivity contribution is 0.0651. The number of alkyl halides is 1. The smallest absolute Gasteiger partial charge is 0.272 e. The van der Waals surface area contributed by atoms with E-state index in [1.807, 2.05) is 35.6 Å². The number of hydrogen-bond donors (Lipinski definition) is 1. The zero-order valence-corrected chi connectivity index (χ0v) is 33.8. The second kappa shape index (κ2) is 14.7. The first-order valence-corrected chi connectivity index (χ1v) is 21.7. The fraction of sp³-hybridized carbons (Fsp3) is 0.475. The largest absolute Gasteiger partial charge is 0.336 e. The molecule has 0 unspecified atom stereocenters. The Balaban J connectivity index is 1.46. The number of allylic oxidation sites excluding steroid dienone is 1. The van der Waals surface area contributed by atoms with E-state index in [1.54, 1.807) is 19.9 Å².